The third-order valence-corrected chi connectivity index (χ3v) is 5.00. The molecule has 0 aromatic rings. The molecule has 2 unspecified atom stereocenters. The van der Waals surface area contributed by atoms with Gasteiger partial charge in [0.1, 0.15) is 0 Å². The van der Waals surface area contributed by atoms with Crippen LogP contribution in [0, 0.1) is 23.7 Å². The van der Waals surface area contributed by atoms with Crippen LogP contribution < -0.4 is 0 Å². The smallest absolute Gasteiger partial charge is 0.0360 e. The van der Waals surface area contributed by atoms with E-state index in [0.29, 0.717) is 0 Å². The molecule has 14 heavy (non-hydrogen) atoms. The summed E-state index contributed by atoms with van der Waals surface area (Å²) in [4.78, 5) is 0. The van der Waals surface area contributed by atoms with E-state index in [1.165, 1.54) is 51.4 Å². The Balaban J connectivity index is 1.89. The molecule has 0 saturated heterocycles. The van der Waals surface area contributed by atoms with Gasteiger partial charge in [-0.25, -0.2) is 0 Å². The molecular weight excluding hydrogens is 168 g/mol. The fraction of sp³-hybridized carbons (Fsp3) is 1.00. The maximum absolute atomic E-state index is 2.54. The molecule has 0 heterocycles. The van der Waals surface area contributed by atoms with Gasteiger partial charge in [0.2, 0.25) is 0 Å². The highest BCUT2D eigenvalue weighted by Crippen LogP contribution is 2.43. The molecule has 0 heteroatoms. The topological polar surface area (TPSA) is 0 Å². The van der Waals surface area contributed by atoms with E-state index in [1.54, 1.807) is 0 Å². The zero-order valence-electron chi connectivity index (χ0n) is 9.97. The molecule has 2 saturated carbocycles. The highest BCUT2D eigenvalue weighted by Gasteiger charge is 2.32. The Bertz CT molecular complexity index is 167. The lowest BCUT2D eigenvalue weighted by molar-refractivity contribution is 0.168. The van der Waals surface area contributed by atoms with Crippen LogP contribution in [-0.4, -0.2) is 0 Å². The third kappa shape index (κ3) is 2.15. The predicted octanol–water partition coefficient (Wildman–Crippen LogP) is 4.64. The first-order chi connectivity index (χ1) is 6.79. The molecule has 0 aromatic carbocycles. The van der Waals surface area contributed by atoms with Crippen molar-refractivity contribution < 1.29 is 0 Å². The van der Waals surface area contributed by atoms with Crippen molar-refractivity contribution >= 4 is 0 Å². The Morgan fingerprint density at radius 1 is 0.857 bits per heavy atom. The molecular formula is C14H26. The van der Waals surface area contributed by atoms with Gasteiger partial charge in [-0.05, 0) is 30.1 Å². The van der Waals surface area contributed by atoms with Crippen LogP contribution in [0.2, 0.25) is 0 Å². The van der Waals surface area contributed by atoms with Gasteiger partial charge in [0.05, 0.1) is 0 Å². The molecule has 82 valence electrons. The molecule has 2 aliphatic carbocycles. The highest BCUT2D eigenvalue weighted by atomic mass is 14.4. The van der Waals surface area contributed by atoms with Gasteiger partial charge in [-0.1, -0.05) is 58.8 Å². The largest absolute Gasteiger partial charge is 0.0622 e. The van der Waals surface area contributed by atoms with Gasteiger partial charge in [-0.15, -0.1) is 0 Å². The summed E-state index contributed by atoms with van der Waals surface area (Å²) in [6, 6.07) is 0. The van der Waals surface area contributed by atoms with Gasteiger partial charge in [-0.2, -0.15) is 0 Å². The minimum atomic E-state index is 1.02. The van der Waals surface area contributed by atoms with Crippen molar-refractivity contribution in [2.45, 2.75) is 65.2 Å². The minimum absolute atomic E-state index is 1.02. The second-order valence-corrected chi connectivity index (χ2v) is 5.83. The maximum atomic E-state index is 2.54. The van der Waals surface area contributed by atoms with Crippen LogP contribution in [0.1, 0.15) is 65.2 Å². The maximum Gasteiger partial charge on any atom is -0.0360 e. The van der Waals surface area contributed by atoms with Gasteiger partial charge in [0, 0.05) is 0 Å². The molecule has 0 spiro atoms. The predicted molar refractivity (Wildman–Crippen MR) is 62.2 cm³/mol. The summed E-state index contributed by atoms with van der Waals surface area (Å²) in [5, 5.41) is 0. The molecule has 2 fully saturated rings. The zero-order valence-corrected chi connectivity index (χ0v) is 9.97. The van der Waals surface area contributed by atoms with Crippen molar-refractivity contribution in [3.05, 3.63) is 0 Å². The Morgan fingerprint density at radius 2 is 1.57 bits per heavy atom. The fourth-order valence-electron chi connectivity index (χ4n) is 3.96. The molecule has 0 bridgehead atoms. The number of hydrogen-bond donors (Lipinski definition) is 0. The molecule has 2 aliphatic rings. The van der Waals surface area contributed by atoms with Crippen LogP contribution in [0.4, 0.5) is 0 Å². The monoisotopic (exact) mass is 194 g/mol. The van der Waals surface area contributed by atoms with Crippen molar-refractivity contribution in [2.75, 3.05) is 0 Å². The molecule has 0 amide bonds. The van der Waals surface area contributed by atoms with Crippen LogP contribution in [0.5, 0.6) is 0 Å². The van der Waals surface area contributed by atoms with E-state index < -0.39 is 0 Å². The molecule has 0 aliphatic heterocycles. The van der Waals surface area contributed by atoms with E-state index in [2.05, 4.69) is 13.8 Å². The SMILES string of the molecule is CC1CCCC1[C@@H](C)C1CCCCC1. The van der Waals surface area contributed by atoms with Gasteiger partial charge in [0.15, 0.2) is 0 Å². The quantitative estimate of drug-likeness (QED) is 0.601. The lowest BCUT2D eigenvalue weighted by Crippen LogP contribution is -2.24. The summed E-state index contributed by atoms with van der Waals surface area (Å²) >= 11 is 0. The van der Waals surface area contributed by atoms with E-state index in [9.17, 15) is 0 Å². The van der Waals surface area contributed by atoms with Crippen LogP contribution >= 0.6 is 0 Å². The van der Waals surface area contributed by atoms with Gasteiger partial charge in [0.25, 0.3) is 0 Å². The van der Waals surface area contributed by atoms with Gasteiger partial charge < -0.3 is 0 Å². The molecule has 2 rings (SSSR count). The number of hydrogen-bond acceptors (Lipinski definition) is 0. The molecule has 0 N–H and O–H groups in total. The summed E-state index contributed by atoms with van der Waals surface area (Å²) in [6.45, 7) is 5.03. The lowest BCUT2D eigenvalue weighted by atomic mass is 9.72. The van der Waals surface area contributed by atoms with Crippen molar-refractivity contribution in [1.29, 1.82) is 0 Å². The van der Waals surface area contributed by atoms with Crippen LogP contribution in [-0.2, 0) is 0 Å². The molecule has 3 atom stereocenters. The summed E-state index contributed by atoms with van der Waals surface area (Å²) in [6.07, 6.45) is 12.1. The van der Waals surface area contributed by atoms with Crippen molar-refractivity contribution in [3.8, 4) is 0 Å². The van der Waals surface area contributed by atoms with Crippen LogP contribution in [0.3, 0.4) is 0 Å². The zero-order chi connectivity index (χ0) is 9.97. The van der Waals surface area contributed by atoms with Crippen LogP contribution in [0.25, 0.3) is 0 Å². The normalized spacial score (nSPS) is 37.3. The second kappa shape index (κ2) is 4.68. The Hall–Kier alpha value is 0. The lowest BCUT2D eigenvalue weighted by Gasteiger charge is -2.33. The molecule has 0 aromatic heterocycles. The number of rotatable bonds is 2. The van der Waals surface area contributed by atoms with Crippen molar-refractivity contribution in [2.24, 2.45) is 23.7 Å². The first kappa shape index (κ1) is 10.5. The Labute approximate surface area is 89.5 Å². The standard InChI is InChI=1S/C14H26/c1-11-7-6-10-14(11)12(2)13-8-4-3-5-9-13/h11-14H,3-10H2,1-2H3/t11?,12-,14?/m0/s1. The van der Waals surface area contributed by atoms with Gasteiger partial charge in [-0.3, -0.25) is 0 Å². The van der Waals surface area contributed by atoms with E-state index in [0.717, 1.165) is 23.7 Å². The van der Waals surface area contributed by atoms with Crippen molar-refractivity contribution in [3.63, 3.8) is 0 Å². The summed E-state index contributed by atoms with van der Waals surface area (Å²) in [5.74, 6) is 4.19. The summed E-state index contributed by atoms with van der Waals surface area (Å²) in [7, 11) is 0. The summed E-state index contributed by atoms with van der Waals surface area (Å²) in [5.41, 5.74) is 0. The van der Waals surface area contributed by atoms with Crippen LogP contribution in [0.15, 0.2) is 0 Å². The first-order valence-corrected chi connectivity index (χ1v) is 6.79. The average Bonchev–Trinajstić information content (AvgIpc) is 2.65. The Morgan fingerprint density at radius 3 is 2.14 bits per heavy atom. The van der Waals surface area contributed by atoms with Crippen molar-refractivity contribution in [1.82, 2.24) is 0 Å². The Kier molecular flexibility index (Phi) is 3.52. The first-order valence-electron chi connectivity index (χ1n) is 6.79. The van der Waals surface area contributed by atoms with E-state index in [4.69, 9.17) is 0 Å². The minimum Gasteiger partial charge on any atom is -0.0622 e. The second-order valence-electron chi connectivity index (χ2n) is 5.83. The third-order valence-electron chi connectivity index (χ3n) is 5.00. The summed E-state index contributed by atoms with van der Waals surface area (Å²) < 4.78 is 0. The average molecular weight is 194 g/mol. The molecule has 0 radical (unpaired) electrons. The van der Waals surface area contributed by atoms with E-state index in [-0.39, 0.29) is 0 Å². The molecule has 0 nitrogen and oxygen atoms in total. The fourth-order valence-corrected chi connectivity index (χ4v) is 3.96. The van der Waals surface area contributed by atoms with E-state index in [1.807, 2.05) is 0 Å². The van der Waals surface area contributed by atoms with Gasteiger partial charge >= 0.3 is 0 Å². The highest BCUT2D eigenvalue weighted by molar-refractivity contribution is 4.83. The van der Waals surface area contributed by atoms with E-state index >= 15 is 0 Å².